The van der Waals surface area contributed by atoms with Crippen LogP contribution in [0.25, 0.3) is 11.0 Å². The summed E-state index contributed by atoms with van der Waals surface area (Å²) in [6.07, 6.45) is 0. The van der Waals surface area contributed by atoms with Gasteiger partial charge in [0.25, 0.3) is 0 Å². The van der Waals surface area contributed by atoms with E-state index in [1.54, 1.807) is 17.8 Å². The fraction of sp³-hybridized carbons (Fsp3) is 0.0625. The quantitative estimate of drug-likeness (QED) is 0.649. The van der Waals surface area contributed by atoms with E-state index in [4.69, 9.17) is 9.52 Å². The summed E-state index contributed by atoms with van der Waals surface area (Å²) in [5.74, 6) is -0.262. The number of benzene rings is 2. The number of halogens is 1. The lowest BCUT2D eigenvalue weighted by Gasteiger charge is -2.04. The maximum atomic E-state index is 10.9. The molecule has 0 spiro atoms. The van der Waals surface area contributed by atoms with Crippen molar-refractivity contribution in [2.24, 2.45) is 0 Å². The summed E-state index contributed by atoms with van der Waals surface area (Å²) in [4.78, 5) is 12.1. The van der Waals surface area contributed by atoms with Crippen LogP contribution in [0.1, 0.15) is 16.1 Å². The van der Waals surface area contributed by atoms with Crippen molar-refractivity contribution in [2.45, 2.75) is 10.6 Å². The molecule has 0 saturated heterocycles. The van der Waals surface area contributed by atoms with Crippen molar-refractivity contribution in [3.8, 4) is 0 Å². The zero-order valence-corrected chi connectivity index (χ0v) is 13.3. The molecule has 3 rings (SSSR count). The second-order valence-corrected chi connectivity index (χ2v) is 6.38. The Kier molecular flexibility index (Phi) is 4.03. The Morgan fingerprint density at radius 1 is 1.19 bits per heavy atom. The summed E-state index contributed by atoms with van der Waals surface area (Å²) in [6, 6.07) is 15.4. The highest BCUT2D eigenvalue weighted by molar-refractivity contribution is 9.10. The number of hydrogen-bond donors (Lipinski definition) is 1. The summed E-state index contributed by atoms with van der Waals surface area (Å²) in [6.45, 7) is 0. The highest BCUT2D eigenvalue weighted by atomic mass is 79.9. The SMILES string of the molecule is O=C(O)c1cc2cc(CSc3ccccc3Br)ccc2o1. The molecule has 0 unspecified atom stereocenters. The number of furan rings is 1. The average Bonchev–Trinajstić information content (AvgIpc) is 2.90. The molecule has 0 atom stereocenters. The van der Waals surface area contributed by atoms with E-state index in [2.05, 4.69) is 22.0 Å². The second kappa shape index (κ2) is 5.95. The third-order valence-electron chi connectivity index (χ3n) is 3.02. The minimum Gasteiger partial charge on any atom is -0.475 e. The number of rotatable bonds is 4. The van der Waals surface area contributed by atoms with Gasteiger partial charge in [-0.3, -0.25) is 0 Å². The van der Waals surface area contributed by atoms with Crippen LogP contribution in [0.4, 0.5) is 0 Å². The van der Waals surface area contributed by atoms with Gasteiger partial charge in [-0.2, -0.15) is 0 Å². The molecule has 0 fully saturated rings. The maximum absolute atomic E-state index is 10.9. The first-order valence-electron chi connectivity index (χ1n) is 6.26. The van der Waals surface area contributed by atoms with Crippen molar-refractivity contribution in [3.63, 3.8) is 0 Å². The van der Waals surface area contributed by atoms with E-state index in [1.165, 1.54) is 4.90 Å². The van der Waals surface area contributed by atoms with Gasteiger partial charge in [-0.25, -0.2) is 4.79 Å². The third kappa shape index (κ3) is 3.14. The predicted octanol–water partition coefficient (Wildman–Crippen LogP) is 5.19. The Morgan fingerprint density at radius 3 is 2.76 bits per heavy atom. The summed E-state index contributed by atoms with van der Waals surface area (Å²) in [7, 11) is 0. The second-order valence-electron chi connectivity index (χ2n) is 4.51. The van der Waals surface area contributed by atoms with Crippen LogP contribution >= 0.6 is 27.7 Å². The minimum absolute atomic E-state index is 0.0272. The molecule has 0 aliphatic heterocycles. The van der Waals surface area contributed by atoms with E-state index in [9.17, 15) is 4.79 Å². The molecule has 5 heteroatoms. The van der Waals surface area contributed by atoms with Crippen molar-refractivity contribution >= 4 is 44.6 Å². The highest BCUT2D eigenvalue weighted by Gasteiger charge is 2.10. The van der Waals surface area contributed by atoms with Crippen molar-refractivity contribution in [1.29, 1.82) is 0 Å². The van der Waals surface area contributed by atoms with Gasteiger partial charge in [0.05, 0.1) is 0 Å². The van der Waals surface area contributed by atoms with Crippen LogP contribution in [0.2, 0.25) is 0 Å². The molecule has 3 nitrogen and oxygen atoms in total. The van der Waals surface area contributed by atoms with Crippen LogP contribution in [0.3, 0.4) is 0 Å². The van der Waals surface area contributed by atoms with Crippen LogP contribution in [-0.4, -0.2) is 11.1 Å². The van der Waals surface area contributed by atoms with Gasteiger partial charge >= 0.3 is 5.97 Å². The molecule has 0 bridgehead atoms. The van der Waals surface area contributed by atoms with E-state index < -0.39 is 5.97 Å². The Labute approximate surface area is 134 Å². The normalized spacial score (nSPS) is 10.9. The van der Waals surface area contributed by atoms with E-state index in [0.29, 0.717) is 5.58 Å². The zero-order valence-electron chi connectivity index (χ0n) is 10.9. The van der Waals surface area contributed by atoms with Crippen molar-refractivity contribution in [3.05, 3.63) is 64.3 Å². The van der Waals surface area contributed by atoms with Crippen LogP contribution in [0.5, 0.6) is 0 Å². The van der Waals surface area contributed by atoms with Gasteiger partial charge < -0.3 is 9.52 Å². The van der Waals surface area contributed by atoms with Gasteiger partial charge in [-0.05, 0) is 51.8 Å². The van der Waals surface area contributed by atoms with Crippen LogP contribution in [-0.2, 0) is 5.75 Å². The molecule has 0 saturated carbocycles. The summed E-state index contributed by atoms with van der Waals surface area (Å²) >= 11 is 5.26. The molecule has 0 aliphatic rings. The summed E-state index contributed by atoms with van der Waals surface area (Å²) < 4.78 is 6.33. The number of carboxylic acids is 1. The zero-order chi connectivity index (χ0) is 14.8. The fourth-order valence-electron chi connectivity index (χ4n) is 2.01. The topological polar surface area (TPSA) is 50.4 Å². The maximum Gasteiger partial charge on any atom is 0.371 e. The molecular formula is C16H11BrO3S. The van der Waals surface area contributed by atoms with E-state index in [-0.39, 0.29) is 5.76 Å². The Hall–Kier alpha value is -1.72. The van der Waals surface area contributed by atoms with Crippen LogP contribution in [0, 0.1) is 0 Å². The molecule has 1 aromatic heterocycles. The molecule has 106 valence electrons. The van der Waals surface area contributed by atoms with Gasteiger partial charge in [0, 0.05) is 20.5 Å². The van der Waals surface area contributed by atoms with Crippen LogP contribution < -0.4 is 0 Å². The Balaban J connectivity index is 1.81. The Bertz CT molecular complexity index is 810. The number of thioether (sulfide) groups is 1. The largest absolute Gasteiger partial charge is 0.475 e. The number of carboxylic acid groups (broad SMARTS) is 1. The molecule has 0 aliphatic carbocycles. The molecule has 1 N–H and O–H groups in total. The number of aromatic carboxylic acids is 1. The lowest BCUT2D eigenvalue weighted by atomic mass is 10.2. The molecular weight excluding hydrogens is 352 g/mol. The molecule has 0 radical (unpaired) electrons. The van der Waals surface area contributed by atoms with Gasteiger partial charge in [0.2, 0.25) is 5.76 Å². The number of carbonyl (C=O) groups is 1. The lowest BCUT2D eigenvalue weighted by Crippen LogP contribution is -1.91. The summed E-state index contributed by atoms with van der Waals surface area (Å²) in [5.41, 5.74) is 1.73. The molecule has 2 aromatic carbocycles. The standard InChI is InChI=1S/C16H11BrO3S/c17-12-3-1-2-4-15(12)21-9-10-5-6-13-11(7-10)8-14(20-13)16(18)19/h1-8H,9H2,(H,18,19). The third-order valence-corrected chi connectivity index (χ3v) is 5.12. The molecule has 21 heavy (non-hydrogen) atoms. The van der Waals surface area contributed by atoms with Gasteiger partial charge in [-0.1, -0.05) is 18.2 Å². The van der Waals surface area contributed by atoms with Gasteiger partial charge in [0.1, 0.15) is 5.58 Å². The molecule has 1 heterocycles. The smallest absolute Gasteiger partial charge is 0.371 e. The van der Waals surface area contributed by atoms with Crippen molar-refractivity contribution < 1.29 is 14.3 Å². The van der Waals surface area contributed by atoms with Crippen LogP contribution in [0.15, 0.2) is 62.3 Å². The van der Waals surface area contributed by atoms with E-state index in [1.807, 2.05) is 36.4 Å². The van der Waals surface area contributed by atoms with Gasteiger partial charge in [-0.15, -0.1) is 11.8 Å². The van der Waals surface area contributed by atoms with E-state index in [0.717, 1.165) is 21.2 Å². The molecule has 3 aromatic rings. The highest BCUT2D eigenvalue weighted by Crippen LogP contribution is 2.31. The minimum atomic E-state index is -1.05. The van der Waals surface area contributed by atoms with Crippen molar-refractivity contribution in [2.75, 3.05) is 0 Å². The molecule has 0 amide bonds. The first kappa shape index (κ1) is 14.2. The lowest BCUT2D eigenvalue weighted by molar-refractivity contribution is 0.0665. The monoisotopic (exact) mass is 362 g/mol. The predicted molar refractivity (Wildman–Crippen MR) is 86.9 cm³/mol. The first-order valence-corrected chi connectivity index (χ1v) is 8.04. The number of fused-ring (bicyclic) bond motifs is 1. The van der Waals surface area contributed by atoms with Crippen molar-refractivity contribution in [1.82, 2.24) is 0 Å². The average molecular weight is 363 g/mol. The fourth-order valence-corrected chi connectivity index (χ4v) is 3.52. The van der Waals surface area contributed by atoms with Gasteiger partial charge in [0.15, 0.2) is 0 Å². The Morgan fingerprint density at radius 2 is 2.00 bits per heavy atom. The summed E-state index contributed by atoms with van der Waals surface area (Å²) in [5, 5.41) is 9.75. The first-order chi connectivity index (χ1) is 10.1. The van der Waals surface area contributed by atoms with E-state index >= 15 is 0 Å². The number of hydrogen-bond acceptors (Lipinski definition) is 3.